The number of rotatable bonds is 17. The number of hydrogen-bond donors (Lipinski definition) is 3. The molecule has 3 aromatic rings. The van der Waals surface area contributed by atoms with Crippen molar-refractivity contribution in [3.8, 4) is 11.5 Å². The van der Waals surface area contributed by atoms with E-state index >= 15 is 0 Å². The number of aliphatic carboxylic acids is 3. The van der Waals surface area contributed by atoms with Crippen LogP contribution in [0.2, 0.25) is 0 Å². The van der Waals surface area contributed by atoms with Gasteiger partial charge in [0, 0.05) is 121 Å². The number of aromatic hydroxyl groups is 1. The third-order valence-corrected chi connectivity index (χ3v) is 15.3. The quantitative estimate of drug-likeness (QED) is 0.122. The number of aliphatic hydroxyl groups is 1. The number of carboxylic acid groups (broad SMARTS) is 3. The van der Waals surface area contributed by atoms with E-state index in [1.54, 1.807) is 20.8 Å². The number of aromatic nitrogens is 1. The van der Waals surface area contributed by atoms with Gasteiger partial charge < -0.3 is 54.5 Å². The molecule has 1 spiro atoms. The number of para-hydroxylation sites is 1. The first kappa shape index (κ1) is 48.5. The van der Waals surface area contributed by atoms with Crippen LogP contribution in [0.5, 0.6) is 11.5 Å². The molecule has 9 rings (SSSR count). The number of piperidine rings is 1. The number of carbonyl (C=O) groups excluding carboxylic acids is 4. The van der Waals surface area contributed by atoms with Gasteiger partial charge in [0.25, 0.3) is 0 Å². The van der Waals surface area contributed by atoms with Crippen LogP contribution in [0.4, 0.5) is 0 Å². The molecule has 2 bridgehead atoms. The zero-order valence-electron chi connectivity index (χ0n) is 37.8. The summed E-state index contributed by atoms with van der Waals surface area (Å²) in [5.41, 5.74) is 3.88. The summed E-state index contributed by atoms with van der Waals surface area (Å²) in [6.07, 6.45) is 7.61. The van der Waals surface area contributed by atoms with Crippen molar-refractivity contribution in [1.29, 1.82) is 0 Å². The van der Waals surface area contributed by atoms with Crippen LogP contribution in [-0.2, 0) is 44.0 Å². The number of carbonyl (C=O) groups is 4. The average Bonchev–Trinajstić information content (AvgIpc) is 3.93. The SMILES string of the molecule is O=C([O-])CN1CCN(CC(=O)[O-])CCN(CC(=O)NCCCCCCn2c3c(c4ccccc42)C[C@@]2(O)[C@H]4Cc5ccc(O)c6c5[C@@]2(CCN4CC2CC2)[C@H]3O6)CCN(CC(=O)[O-])CC1.[111In+3]. The molecular formula is C48H62InN7O10. The Morgan fingerprint density at radius 1 is 0.758 bits per heavy atom. The van der Waals surface area contributed by atoms with Crippen molar-refractivity contribution >= 4 is 60.6 Å². The number of amides is 1. The topological polar surface area (TPSA) is 220 Å². The second-order valence-corrected chi connectivity index (χ2v) is 19.4. The van der Waals surface area contributed by atoms with E-state index in [-0.39, 0.29) is 109 Å². The molecule has 17 nitrogen and oxygen atoms in total. The summed E-state index contributed by atoms with van der Waals surface area (Å²) in [4.78, 5) is 57.0. The van der Waals surface area contributed by atoms with Crippen molar-refractivity contribution in [2.24, 2.45) is 5.92 Å². The summed E-state index contributed by atoms with van der Waals surface area (Å²) < 4.78 is 9.37. The number of benzene rings is 2. The van der Waals surface area contributed by atoms with E-state index in [9.17, 15) is 44.7 Å². The zero-order chi connectivity index (χ0) is 45.5. The van der Waals surface area contributed by atoms with Crippen LogP contribution < -0.4 is 25.4 Å². The molecule has 1 aromatic heterocycles. The Kier molecular flexibility index (Phi) is 15.0. The Morgan fingerprint density at radius 2 is 1.35 bits per heavy atom. The zero-order valence-corrected chi connectivity index (χ0v) is 41.1. The minimum absolute atomic E-state index is 0. The van der Waals surface area contributed by atoms with Crippen molar-refractivity contribution in [2.45, 2.75) is 87.5 Å². The molecule has 6 aliphatic rings. The summed E-state index contributed by atoms with van der Waals surface area (Å²) in [6.45, 7) is 4.29. The predicted octanol–water partition coefficient (Wildman–Crippen LogP) is -2.19. The maximum Gasteiger partial charge on any atom is 3.00 e. The van der Waals surface area contributed by atoms with E-state index in [0.29, 0.717) is 37.7 Å². The van der Waals surface area contributed by atoms with E-state index in [1.165, 1.54) is 18.4 Å². The number of nitrogens with one attached hydrogen (secondary N) is 1. The second-order valence-electron chi connectivity index (χ2n) is 19.4. The molecule has 3 fully saturated rings. The molecule has 1 saturated carbocycles. The van der Waals surface area contributed by atoms with Gasteiger partial charge in [-0.1, -0.05) is 37.1 Å². The van der Waals surface area contributed by atoms with Gasteiger partial charge >= 0.3 is 25.8 Å². The van der Waals surface area contributed by atoms with Gasteiger partial charge in [0.15, 0.2) is 17.6 Å². The van der Waals surface area contributed by atoms with Gasteiger partial charge in [0.1, 0.15) is 0 Å². The van der Waals surface area contributed by atoms with Crippen LogP contribution in [0.15, 0.2) is 36.4 Å². The fourth-order valence-corrected chi connectivity index (χ4v) is 12.0. The molecule has 3 aliphatic heterocycles. The molecule has 66 heavy (non-hydrogen) atoms. The number of unbranched alkanes of at least 4 members (excludes halogenated alkanes) is 3. The van der Waals surface area contributed by atoms with Crippen molar-refractivity contribution in [1.82, 2.24) is 34.4 Å². The Bertz CT molecular complexity index is 2260. The van der Waals surface area contributed by atoms with Gasteiger partial charge in [-0.2, -0.15) is 0 Å². The predicted molar refractivity (Wildman–Crippen MR) is 238 cm³/mol. The van der Waals surface area contributed by atoms with Gasteiger partial charge in [0.05, 0.1) is 41.2 Å². The van der Waals surface area contributed by atoms with E-state index in [0.717, 1.165) is 85.9 Å². The first-order valence-electron chi connectivity index (χ1n) is 23.7. The fourth-order valence-electron chi connectivity index (χ4n) is 12.0. The number of nitrogens with zero attached hydrogens (tertiary/aromatic N) is 6. The smallest absolute Gasteiger partial charge is 0.549 e. The van der Waals surface area contributed by atoms with Crippen LogP contribution >= 0.6 is 0 Å². The monoisotopic (exact) mass is 1010 g/mol. The number of phenols is 1. The van der Waals surface area contributed by atoms with Crippen LogP contribution in [0, 0.1) is 5.92 Å². The molecule has 0 radical (unpaired) electrons. The van der Waals surface area contributed by atoms with Crippen LogP contribution in [-0.4, -0.2) is 199 Å². The van der Waals surface area contributed by atoms with Crippen molar-refractivity contribution in [3.05, 3.63) is 58.8 Å². The molecule has 352 valence electrons. The van der Waals surface area contributed by atoms with Gasteiger partial charge in [-0.05, 0) is 74.2 Å². The molecule has 4 atom stereocenters. The number of aryl methyl sites for hydroxylation is 1. The van der Waals surface area contributed by atoms with Crippen LogP contribution in [0.1, 0.15) is 73.4 Å². The summed E-state index contributed by atoms with van der Waals surface area (Å²) in [7, 11) is 0. The minimum atomic E-state index is -1.28. The normalized spacial score (nSPS) is 26.0. The molecular weight excluding hydrogens is 945 g/mol. The summed E-state index contributed by atoms with van der Waals surface area (Å²) in [5.74, 6) is -2.62. The largest absolute Gasteiger partial charge is 3.00 e. The summed E-state index contributed by atoms with van der Waals surface area (Å²) in [5, 5.41) is 63.2. The van der Waals surface area contributed by atoms with E-state index in [1.807, 2.05) is 11.0 Å². The van der Waals surface area contributed by atoms with Crippen molar-refractivity contribution in [2.75, 3.05) is 98.2 Å². The standard InChI is InChI=1S/C48H65N7O10.In/c56-37-12-11-33-25-38-48(64)26-35-34-7-3-4-8-36(34)55(44(35)46-47(48,43(33)45(37)65-46)13-16-54(38)27-32-9-10-32)15-6-2-1-5-14-49-39(57)28-50-17-19-51(29-40(58)59)21-23-53(31-42(62)63)24-22-52(20-18-50)30-41(60)61;/h3-4,7-8,11-12,32,38,46,56,64H,1-2,5-6,9-10,13-31H2,(H,49,57)(H,58,59)(H,60,61)(H,62,63);/q;+3/p-3/t38-,46+,47+,48-;/m1./s1/i;1-4. The van der Waals surface area contributed by atoms with Gasteiger partial charge in [-0.3, -0.25) is 29.3 Å². The van der Waals surface area contributed by atoms with Gasteiger partial charge in [-0.15, -0.1) is 0 Å². The molecule has 3 aliphatic carbocycles. The van der Waals surface area contributed by atoms with Gasteiger partial charge in [0.2, 0.25) is 5.91 Å². The first-order chi connectivity index (χ1) is 31.3. The Hall–Kier alpha value is -3.91. The summed E-state index contributed by atoms with van der Waals surface area (Å²) in [6, 6.07) is 12.2. The molecule has 4 heterocycles. The third-order valence-electron chi connectivity index (χ3n) is 15.3. The summed E-state index contributed by atoms with van der Waals surface area (Å²) >= 11 is 0. The Labute approximate surface area is 404 Å². The fraction of sp³-hybridized carbons (Fsp3) is 0.625. The van der Waals surface area contributed by atoms with E-state index in [2.05, 4.69) is 39.0 Å². The molecule has 2 aromatic carbocycles. The third kappa shape index (κ3) is 9.70. The minimum Gasteiger partial charge on any atom is -0.549 e. The Balaban J connectivity index is 0.00000592. The van der Waals surface area contributed by atoms with Gasteiger partial charge in [-0.25, -0.2) is 0 Å². The number of carboxylic acids is 3. The van der Waals surface area contributed by atoms with Crippen molar-refractivity contribution < 1.29 is 49.4 Å². The number of phenolic OH excluding ortho intramolecular Hbond substituents is 1. The molecule has 2 saturated heterocycles. The van der Waals surface area contributed by atoms with Crippen LogP contribution in [0.25, 0.3) is 10.9 Å². The Morgan fingerprint density at radius 3 is 1.95 bits per heavy atom. The second kappa shape index (κ2) is 20.4. The van der Waals surface area contributed by atoms with E-state index < -0.39 is 35.0 Å². The maximum absolute atomic E-state index is 13.3. The maximum atomic E-state index is 13.3. The molecule has 0 unspecified atom stereocenters. The van der Waals surface area contributed by atoms with Crippen LogP contribution in [0.3, 0.4) is 0 Å². The number of likely N-dealkylation sites (tertiary alicyclic amines) is 1. The number of hydrogen-bond acceptors (Lipinski definition) is 15. The number of ether oxygens (including phenoxy) is 1. The molecule has 18 heteroatoms. The average molecular weight is 1010 g/mol. The first-order valence-corrected chi connectivity index (χ1v) is 23.7. The molecule has 1 amide bonds. The van der Waals surface area contributed by atoms with Crippen molar-refractivity contribution in [3.63, 3.8) is 0 Å². The number of fused-ring (bicyclic) bond motifs is 4. The van der Waals surface area contributed by atoms with E-state index in [4.69, 9.17) is 4.74 Å². The molecule has 3 N–H and O–H groups in total.